The molecular weight excluding hydrogens is 530 g/mol. The van der Waals surface area contributed by atoms with E-state index in [9.17, 15) is 4.79 Å². The van der Waals surface area contributed by atoms with Crippen LogP contribution in [0.5, 0.6) is 11.5 Å². The monoisotopic (exact) mass is 551 g/mol. The summed E-state index contributed by atoms with van der Waals surface area (Å²) in [4.78, 5) is 12.4. The van der Waals surface area contributed by atoms with E-state index >= 15 is 0 Å². The van der Waals surface area contributed by atoms with Crippen LogP contribution in [-0.2, 0) is 4.79 Å². The molecule has 0 saturated heterocycles. The number of nitrogens with zero attached hydrogens (tertiary/aromatic N) is 4. The van der Waals surface area contributed by atoms with Crippen molar-refractivity contribution in [3.05, 3.63) is 82.8 Å². The third-order valence-corrected chi connectivity index (χ3v) is 6.32. The average molecular weight is 552 g/mol. The van der Waals surface area contributed by atoms with E-state index in [0.717, 1.165) is 32.8 Å². The number of hydrogen-bond acceptors (Lipinski definition) is 7. The van der Waals surface area contributed by atoms with Crippen LogP contribution in [0.4, 0.5) is 0 Å². The van der Waals surface area contributed by atoms with Gasteiger partial charge in [-0.2, -0.15) is 5.10 Å². The molecule has 0 bridgehead atoms. The highest BCUT2D eigenvalue weighted by Gasteiger charge is 2.17. The Hall–Kier alpha value is -3.63. The zero-order valence-electron chi connectivity index (χ0n) is 19.0. The molecule has 1 N–H and O–H groups in total. The molecule has 3 aromatic carbocycles. The van der Waals surface area contributed by atoms with Gasteiger partial charge in [-0.25, -0.2) is 5.43 Å². The smallest absolute Gasteiger partial charge is 0.250 e. The summed E-state index contributed by atoms with van der Waals surface area (Å²) in [5.74, 6) is 2.00. The summed E-state index contributed by atoms with van der Waals surface area (Å²) < 4.78 is 13.4. The van der Waals surface area contributed by atoms with Gasteiger partial charge in [0.05, 0.1) is 26.2 Å². The number of rotatable bonds is 9. The van der Waals surface area contributed by atoms with Gasteiger partial charge >= 0.3 is 0 Å². The molecule has 0 atom stereocenters. The zero-order valence-corrected chi connectivity index (χ0v) is 21.4. The number of hydrazone groups is 1. The third kappa shape index (κ3) is 6.28. The van der Waals surface area contributed by atoms with Crippen molar-refractivity contribution in [3.63, 3.8) is 0 Å². The second-order valence-electron chi connectivity index (χ2n) is 7.20. The number of hydrogen-bond donors (Lipinski definition) is 1. The molecule has 0 unspecified atom stereocenters. The van der Waals surface area contributed by atoms with Gasteiger partial charge < -0.3 is 9.47 Å². The molecule has 0 aliphatic carbocycles. The molecule has 0 fully saturated rings. The van der Waals surface area contributed by atoms with E-state index in [4.69, 9.17) is 9.47 Å². The van der Waals surface area contributed by atoms with E-state index in [1.165, 1.54) is 11.8 Å². The van der Waals surface area contributed by atoms with Crippen LogP contribution in [0.15, 0.2) is 87.5 Å². The number of carbonyl (C=O) groups excluding carboxylic acids is 1. The van der Waals surface area contributed by atoms with Crippen molar-refractivity contribution >= 4 is 39.8 Å². The zero-order chi connectivity index (χ0) is 24.6. The molecule has 1 heterocycles. The SMILES string of the molecule is COc1ccc(-c2nnc(SCC(=O)N/N=C/c3cccc(Br)c3)n2-c2ccc(OC)cc2)cc1. The molecule has 178 valence electrons. The number of aromatic nitrogens is 3. The van der Waals surface area contributed by atoms with E-state index < -0.39 is 0 Å². The van der Waals surface area contributed by atoms with Crippen LogP contribution < -0.4 is 14.9 Å². The molecule has 4 aromatic rings. The lowest BCUT2D eigenvalue weighted by Gasteiger charge is -2.11. The Kier molecular flexibility index (Phi) is 8.17. The van der Waals surface area contributed by atoms with Gasteiger partial charge in [0.15, 0.2) is 11.0 Å². The maximum absolute atomic E-state index is 12.4. The molecule has 0 aliphatic rings. The Labute approximate surface area is 215 Å². The lowest BCUT2D eigenvalue weighted by Crippen LogP contribution is -2.20. The second kappa shape index (κ2) is 11.7. The van der Waals surface area contributed by atoms with Crippen molar-refractivity contribution in [3.8, 4) is 28.6 Å². The summed E-state index contributed by atoms with van der Waals surface area (Å²) in [6, 6.07) is 22.8. The molecule has 0 radical (unpaired) electrons. The number of halogens is 1. The predicted octanol–water partition coefficient (Wildman–Crippen LogP) is 4.96. The number of nitrogens with one attached hydrogen (secondary N) is 1. The molecule has 0 saturated carbocycles. The van der Waals surface area contributed by atoms with Crippen LogP contribution in [0.25, 0.3) is 17.1 Å². The summed E-state index contributed by atoms with van der Waals surface area (Å²) in [6.45, 7) is 0. The van der Waals surface area contributed by atoms with Gasteiger partial charge in [0.25, 0.3) is 5.91 Å². The van der Waals surface area contributed by atoms with Crippen molar-refractivity contribution in [1.82, 2.24) is 20.2 Å². The number of ether oxygens (including phenoxy) is 2. The normalized spacial score (nSPS) is 10.9. The molecule has 10 heteroatoms. The van der Waals surface area contributed by atoms with Gasteiger partial charge in [0, 0.05) is 15.7 Å². The van der Waals surface area contributed by atoms with Crippen molar-refractivity contribution in [2.75, 3.05) is 20.0 Å². The number of amides is 1. The molecule has 0 spiro atoms. The Morgan fingerprint density at radius 3 is 2.37 bits per heavy atom. The van der Waals surface area contributed by atoms with E-state index in [0.29, 0.717) is 11.0 Å². The standard InChI is InChI=1S/C25H22BrN5O3S/c1-33-21-10-6-18(7-11-21)24-29-30-25(31(24)20-8-12-22(34-2)13-9-20)35-16-23(32)28-27-15-17-4-3-5-19(26)14-17/h3-15H,16H2,1-2H3,(H,28,32)/b27-15+. The second-order valence-corrected chi connectivity index (χ2v) is 9.06. The number of carbonyl (C=O) groups is 1. The summed E-state index contributed by atoms with van der Waals surface area (Å²) >= 11 is 4.68. The van der Waals surface area contributed by atoms with Crippen LogP contribution >= 0.6 is 27.7 Å². The van der Waals surface area contributed by atoms with Crippen LogP contribution in [0.1, 0.15) is 5.56 Å². The van der Waals surface area contributed by atoms with Gasteiger partial charge in [-0.15, -0.1) is 10.2 Å². The van der Waals surface area contributed by atoms with Crippen LogP contribution in [-0.4, -0.2) is 46.9 Å². The summed E-state index contributed by atoms with van der Waals surface area (Å²) in [7, 11) is 3.24. The van der Waals surface area contributed by atoms with Gasteiger partial charge in [0.2, 0.25) is 0 Å². The third-order valence-electron chi connectivity index (χ3n) is 4.90. The van der Waals surface area contributed by atoms with E-state index in [2.05, 4.69) is 36.7 Å². The van der Waals surface area contributed by atoms with Gasteiger partial charge in [-0.05, 0) is 66.2 Å². The molecule has 35 heavy (non-hydrogen) atoms. The van der Waals surface area contributed by atoms with Crippen molar-refractivity contribution in [2.24, 2.45) is 5.10 Å². The van der Waals surface area contributed by atoms with E-state index in [-0.39, 0.29) is 11.7 Å². The van der Waals surface area contributed by atoms with Gasteiger partial charge in [-0.1, -0.05) is 39.8 Å². The number of methoxy groups -OCH3 is 2. The minimum Gasteiger partial charge on any atom is -0.497 e. The maximum atomic E-state index is 12.4. The largest absolute Gasteiger partial charge is 0.497 e. The first-order valence-electron chi connectivity index (χ1n) is 10.5. The van der Waals surface area contributed by atoms with Crippen LogP contribution in [0.2, 0.25) is 0 Å². The van der Waals surface area contributed by atoms with E-state index in [1.54, 1.807) is 20.4 Å². The van der Waals surface area contributed by atoms with E-state index in [1.807, 2.05) is 77.4 Å². The summed E-state index contributed by atoms with van der Waals surface area (Å²) in [5.41, 5.74) is 5.13. The number of benzene rings is 3. The molecule has 0 aliphatic heterocycles. The fourth-order valence-electron chi connectivity index (χ4n) is 3.18. The minimum atomic E-state index is -0.253. The van der Waals surface area contributed by atoms with Crippen molar-refractivity contribution < 1.29 is 14.3 Å². The predicted molar refractivity (Wildman–Crippen MR) is 141 cm³/mol. The Morgan fingerprint density at radius 1 is 1.03 bits per heavy atom. The molecule has 1 aromatic heterocycles. The minimum absolute atomic E-state index is 0.118. The Morgan fingerprint density at radius 2 is 1.71 bits per heavy atom. The van der Waals surface area contributed by atoms with Gasteiger partial charge in [0.1, 0.15) is 11.5 Å². The molecule has 1 amide bonds. The highest BCUT2D eigenvalue weighted by Crippen LogP contribution is 2.29. The first-order chi connectivity index (χ1) is 17.1. The fraction of sp³-hybridized carbons (Fsp3) is 0.120. The van der Waals surface area contributed by atoms with Gasteiger partial charge in [-0.3, -0.25) is 9.36 Å². The summed E-state index contributed by atoms with van der Waals surface area (Å²) in [5, 5.41) is 13.4. The first-order valence-corrected chi connectivity index (χ1v) is 12.3. The lowest BCUT2D eigenvalue weighted by molar-refractivity contribution is -0.118. The highest BCUT2D eigenvalue weighted by molar-refractivity contribution is 9.10. The fourth-order valence-corrected chi connectivity index (χ4v) is 4.34. The topological polar surface area (TPSA) is 90.6 Å². The Bertz CT molecular complexity index is 1320. The molecule has 8 nitrogen and oxygen atoms in total. The van der Waals surface area contributed by atoms with Crippen molar-refractivity contribution in [2.45, 2.75) is 5.16 Å². The average Bonchev–Trinajstić information content (AvgIpc) is 3.31. The summed E-state index contributed by atoms with van der Waals surface area (Å²) in [6.07, 6.45) is 1.59. The Balaban J connectivity index is 1.53. The number of thioether (sulfide) groups is 1. The molecular formula is C25H22BrN5O3S. The lowest BCUT2D eigenvalue weighted by atomic mass is 10.2. The molecule has 4 rings (SSSR count). The van der Waals surface area contributed by atoms with Crippen LogP contribution in [0, 0.1) is 0 Å². The maximum Gasteiger partial charge on any atom is 0.250 e. The highest BCUT2D eigenvalue weighted by atomic mass is 79.9. The van der Waals surface area contributed by atoms with Crippen LogP contribution in [0.3, 0.4) is 0 Å². The van der Waals surface area contributed by atoms with Crippen molar-refractivity contribution in [1.29, 1.82) is 0 Å². The first kappa shape index (κ1) is 24.5. The quantitative estimate of drug-likeness (QED) is 0.180.